The number of carbonyl (C=O) groups is 2. The molecule has 0 radical (unpaired) electrons. The van der Waals surface area contributed by atoms with Gasteiger partial charge in [0.2, 0.25) is 0 Å². The number of benzene rings is 1. The summed E-state index contributed by atoms with van der Waals surface area (Å²) < 4.78 is 15.7. The number of nitrogens with one attached hydrogen (secondary N) is 1. The van der Waals surface area contributed by atoms with Crippen molar-refractivity contribution in [2.24, 2.45) is 5.92 Å². The fourth-order valence-electron chi connectivity index (χ4n) is 3.28. The van der Waals surface area contributed by atoms with E-state index in [1.807, 2.05) is 0 Å². The molecule has 0 spiro atoms. The second-order valence-electron chi connectivity index (χ2n) is 6.88. The van der Waals surface area contributed by atoms with E-state index in [2.05, 4.69) is 12.2 Å². The third kappa shape index (κ3) is 5.38. The minimum absolute atomic E-state index is 0.0673. The molecular weight excluding hydrogens is 334 g/mol. The molecule has 1 aliphatic carbocycles. The fourth-order valence-corrected chi connectivity index (χ4v) is 3.28. The molecule has 144 valence electrons. The lowest BCUT2D eigenvalue weighted by Crippen LogP contribution is -2.46. The summed E-state index contributed by atoms with van der Waals surface area (Å²) in [5, 5.41) is 3.02. The normalized spacial score (nSPS) is 20.8. The summed E-state index contributed by atoms with van der Waals surface area (Å²) in [5.41, 5.74) is 0.737. The predicted molar refractivity (Wildman–Crippen MR) is 98.4 cm³/mol. The molecule has 1 aliphatic rings. The maximum atomic E-state index is 12.3. The van der Waals surface area contributed by atoms with E-state index in [0.717, 1.165) is 24.8 Å². The lowest BCUT2D eigenvalue weighted by atomic mass is 9.86. The molecular formula is C20H29NO5. The third-order valence-electron chi connectivity index (χ3n) is 4.91. The van der Waals surface area contributed by atoms with Crippen molar-refractivity contribution in [2.45, 2.75) is 58.1 Å². The number of hydrogen-bond acceptors (Lipinski definition) is 5. The Bertz CT molecular complexity index is 631. The Kier molecular flexibility index (Phi) is 7.30. The number of amides is 1. The van der Waals surface area contributed by atoms with Crippen LogP contribution in [-0.4, -0.2) is 38.2 Å². The Morgan fingerprint density at radius 2 is 1.85 bits per heavy atom. The molecule has 6 nitrogen and oxygen atoms in total. The van der Waals surface area contributed by atoms with Crippen LogP contribution in [0.4, 0.5) is 0 Å². The third-order valence-corrected chi connectivity index (χ3v) is 4.91. The number of carbonyl (C=O) groups excluding carboxylic acids is 2. The van der Waals surface area contributed by atoms with Gasteiger partial charge in [-0.1, -0.05) is 25.8 Å². The summed E-state index contributed by atoms with van der Waals surface area (Å²) in [6.07, 6.45) is 3.71. The van der Waals surface area contributed by atoms with Crippen molar-refractivity contribution in [1.29, 1.82) is 0 Å². The monoisotopic (exact) mass is 363 g/mol. The highest BCUT2D eigenvalue weighted by Gasteiger charge is 2.26. The van der Waals surface area contributed by atoms with E-state index in [1.54, 1.807) is 39.3 Å². The van der Waals surface area contributed by atoms with Crippen molar-refractivity contribution >= 4 is 11.9 Å². The minimum Gasteiger partial charge on any atom is -0.493 e. The molecule has 0 aliphatic heterocycles. The summed E-state index contributed by atoms with van der Waals surface area (Å²) in [4.78, 5) is 24.5. The average molecular weight is 363 g/mol. The standard InChI is InChI=1S/C20H29NO5/c1-13-7-5-6-8-16(13)21-20(23)14(2)26-19(22)12-15-9-10-17(24-3)18(11-15)25-4/h9-11,13-14,16H,5-8,12H2,1-4H3,(H,21,23)/t13-,14+,16+/m0/s1. The maximum Gasteiger partial charge on any atom is 0.311 e. The van der Waals surface area contributed by atoms with Crippen LogP contribution in [0.3, 0.4) is 0 Å². The van der Waals surface area contributed by atoms with Crippen molar-refractivity contribution in [3.63, 3.8) is 0 Å². The molecule has 2 rings (SSSR count). The van der Waals surface area contributed by atoms with Crippen molar-refractivity contribution in [1.82, 2.24) is 5.32 Å². The Labute approximate surface area is 155 Å². The van der Waals surface area contributed by atoms with Crippen molar-refractivity contribution in [2.75, 3.05) is 14.2 Å². The van der Waals surface area contributed by atoms with E-state index in [9.17, 15) is 9.59 Å². The van der Waals surface area contributed by atoms with Gasteiger partial charge in [-0.25, -0.2) is 0 Å². The number of rotatable bonds is 7. The van der Waals surface area contributed by atoms with Crippen LogP contribution in [0.5, 0.6) is 11.5 Å². The highest BCUT2D eigenvalue weighted by atomic mass is 16.5. The Morgan fingerprint density at radius 1 is 1.15 bits per heavy atom. The lowest BCUT2D eigenvalue weighted by molar-refractivity contribution is -0.154. The van der Waals surface area contributed by atoms with Gasteiger partial charge < -0.3 is 19.5 Å². The first-order valence-electron chi connectivity index (χ1n) is 9.15. The lowest BCUT2D eigenvalue weighted by Gasteiger charge is -2.30. The molecule has 0 bridgehead atoms. The molecule has 1 amide bonds. The molecule has 1 saturated carbocycles. The van der Waals surface area contributed by atoms with Crippen LogP contribution < -0.4 is 14.8 Å². The minimum atomic E-state index is -0.809. The quantitative estimate of drug-likeness (QED) is 0.754. The Hall–Kier alpha value is -2.24. The molecule has 1 fully saturated rings. The zero-order valence-corrected chi connectivity index (χ0v) is 16.0. The number of esters is 1. The molecule has 0 aromatic heterocycles. The Balaban J connectivity index is 1.87. The van der Waals surface area contributed by atoms with Crippen LogP contribution in [0, 0.1) is 5.92 Å². The largest absolute Gasteiger partial charge is 0.493 e. The van der Waals surface area contributed by atoms with Gasteiger partial charge in [0.05, 0.1) is 20.6 Å². The van der Waals surface area contributed by atoms with E-state index in [1.165, 1.54) is 6.42 Å². The average Bonchev–Trinajstić information content (AvgIpc) is 2.63. The van der Waals surface area contributed by atoms with Crippen molar-refractivity contribution in [3.05, 3.63) is 23.8 Å². The molecule has 0 unspecified atom stereocenters. The second-order valence-corrected chi connectivity index (χ2v) is 6.88. The van der Waals surface area contributed by atoms with E-state index < -0.39 is 12.1 Å². The zero-order chi connectivity index (χ0) is 19.1. The first kappa shape index (κ1) is 20.1. The van der Waals surface area contributed by atoms with Crippen LogP contribution in [0.2, 0.25) is 0 Å². The SMILES string of the molecule is COc1ccc(CC(=O)O[C@H](C)C(=O)N[C@@H]2CCCC[C@@H]2C)cc1OC. The van der Waals surface area contributed by atoms with Gasteiger partial charge in [-0.15, -0.1) is 0 Å². The van der Waals surface area contributed by atoms with Crippen LogP contribution in [0.1, 0.15) is 45.1 Å². The topological polar surface area (TPSA) is 73.9 Å². The molecule has 1 aromatic rings. The van der Waals surface area contributed by atoms with Gasteiger partial charge in [0, 0.05) is 6.04 Å². The number of methoxy groups -OCH3 is 2. The smallest absolute Gasteiger partial charge is 0.311 e. The molecule has 6 heteroatoms. The van der Waals surface area contributed by atoms with Crippen molar-refractivity contribution < 1.29 is 23.8 Å². The van der Waals surface area contributed by atoms with Crippen LogP contribution in [-0.2, 0) is 20.7 Å². The molecule has 3 atom stereocenters. The molecule has 0 saturated heterocycles. The van der Waals surface area contributed by atoms with Crippen molar-refractivity contribution in [3.8, 4) is 11.5 Å². The molecule has 1 N–H and O–H groups in total. The molecule has 1 aromatic carbocycles. The molecule has 26 heavy (non-hydrogen) atoms. The Morgan fingerprint density at radius 3 is 2.50 bits per heavy atom. The van der Waals surface area contributed by atoms with Gasteiger partial charge in [-0.3, -0.25) is 9.59 Å². The van der Waals surface area contributed by atoms with Gasteiger partial charge in [-0.05, 0) is 43.4 Å². The van der Waals surface area contributed by atoms with Gasteiger partial charge in [0.15, 0.2) is 17.6 Å². The second kappa shape index (κ2) is 9.46. The molecule has 0 heterocycles. The number of hydrogen-bond donors (Lipinski definition) is 1. The van der Waals surface area contributed by atoms with Gasteiger partial charge in [-0.2, -0.15) is 0 Å². The highest BCUT2D eigenvalue weighted by Crippen LogP contribution is 2.28. The predicted octanol–water partition coefficient (Wildman–Crippen LogP) is 2.87. The van der Waals surface area contributed by atoms with E-state index in [0.29, 0.717) is 17.4 Å². The highest BCUT2D eigenvalue weighted by molar-refractivity contribution is 5.84. The van der Waals surface area contributed by atoms with Gasteiger partial charge >= 0.3 is 5.97 Å². The first-order chi connectivity index (χ1) is 12.4. The summed E-state index contributed by atoms with van der Waals surface area (Å²) in [7, 11) is 3.10. The van der Waals surface area contributed by atoms with E-state index >= 15 is 0 Å². The van der Waals surface area contributed by atoms with Gasteiger partial charge in [0.1, 0.15) is 0 Å². The maximum absolute atomic E-state index is 12.3. The van der Waals surface area contributed by atoms with E-state index in [4.69, 9.17) is 14.2 Å². The fraction of sp³-hybridized carbons (Fsp3) is 0.600. The van der Waals surface area contributed by atoms with E-state index in [-0.39, 0.29) is 18.4 Å². The van der Waals surface area contributed by atoms with Gasteiger partial charge in [0.25, 0.3) is 5.91 Å². The van der Waals surface area contributed by atoms with Crippen LogP contribution in [0.25, 0.3) is 0 Å². The van der Waals surface area contributed by atoms with Crippen LogP contribution in [0.15, 0.2) is 18.2 Å². The summed E-state index contributed by atoms with van der Waals surface area (Å²) in [5.74, 6) is 0.928. The summed E-state index contributed by atoms with van der Waals surface area (Å²) in [6.45, 7) is 3.76. The zero-order valence-electron chi connectivity index (χ0n) is 16.0. The van der Waals surface area contributed by atoms with Crippen LogP contribution >= 0.6 is 0 Å². The summed E-state index contributed by atoms with van der Waals surface area (Å²) >= 11 is 0. The first-order valence-corrected chi connectivity index (χ1v) is 9.15. The number of ether oxygens (including phenoxy) is 3. The summed E-state index contributed by atoms with van der Waals surface area (Å²) in [6, 6.07) is 5.41.